The van der Waals surface area contributed by atoms with Gasteiger partial charge >= 0.3 is 0 Å². The zero-order chi connectivity index (χ0) is 12.4. The topological polar surface area (TPSA) is 55.1 Å². The van der Waals surface area contributed by atoms with Crippen molar-refractivity contribution in [3.05, 3.63) is 44.6 Å². The van der Waals surface area contributed by atoms with Crippen LogP contribution in [-0.2, 0) is 0 Å². The smallest absolute Gasteiger partial charge is 0.266 e. The molecule has 0 radical (unpaired) electrons. The fourth-order valence-electron chi connectivity index (χ4n) is 1.46. The van der Waals surface area contributed by atoms with E-state index in [9.17, 15) is 4.79 Å². The van der Waals surface area contributed by atoms with E-state index in [2.05, 4.69) is 21.2 Å². The van der Waals surface area contributed by atoms with Crippen LogP contribution >= 0.6 is 27.3 Å². The molecule has 2 rings (SSSR count). The zero-order valence-corrected chi connectivity index (χ0v) is 11.6. The molecule has 0 saturated carbocycles. The van der Waals surface area contributed by atoms with Gasteiger partial charge in [0.2, 0.25) is 0 Å². The maximum absolute atomic E-state index is 12.0. The molecule has 0 spiro atoms. The summed E-state index contributed by atoms with van der Waals surface area (Å²) in [6.07, 6.45) is 0. The van der Waals surface area contributed by atoms with Crippen LogP contribution in [0, 0.1) is 6.92 Å². The summed E-state index contributed by atoms with van der Waals surface area (Å²) < 4.78 is 0.813. The Kier molecular flexibility index (Phi) is 3.49. The third kappa shape index (κ3) is 2.68. The molecule has 1 amide bonds. The van der Waals surface area contributed by atoms with Crippen molar-refractivity contribution >= 4 is 44.5 Å². The van der Waals surface area contributed by atoms with Gasteiger partial charge in [0.15, 0.2) is 0 Å². The van der Waals surface area contributed by atoms with Gasteiger partial charge in [-0.1, -0.05) is 0 Å². The van der Waals surface area contributed by atoms with Crippen LogP contribution < -0.4 is 11.1 Å². The predicted molar refractivity (Wildman–Crippen MR) is 75.6 cm³/mol. The number of benzene rings is 1. The second-order valence-corrected chi connectivity index (χ2v) is 5.40. The monoisotopic (exact) mass is 310 g/mol. The molecule has 3 N–H and O–H groups in total. The molecule has 3 nitrogen and oxygen atoms in total. The van der Waals surface area contributed by atoms with Gasteiger partial charge in [-0.25, -0.2) is 0 Å². The molecule has 0 atom stereocenters. The van der Waals surface area contributed by atoms with Crippen LogP contribution in [0.15, 0.2) is 34.1 Å². The van der Waals surface area contributed by atoms with Crippen LogP contribution in [-0.4, -0.2) is 5.91 Å². The SMILES string of the molecule is Cc1cc(N)ccc1NC(=O)c1sccc1Br. The minimum atomic E-state index is -0.111. The lowest BCUT2D eigenvalue weighted by molar-refractivity contribution is 0.103. The summed E-state index contributed by atoms with van der Waals surface area (Å²) >= 11 is 4.74. The first-order valence-electron chi connectivity index (χ1n) is 4.98. The number of aryl methyl sites for hydroxylation is 1. The van der Waals surface area contributed by atoms with Crippen molar-refractivity contribution in [2.24, 2.45) is 0 Å². The zero-order valence-electron chi connectivity index (χ0n) is 9.16. The third-order valence-electron chi connectivity index (χ3n) is 2.32. The molecule has 88 valence electrons. The minimum Gasteiger partial charge on any atom is -0.399 e. The number of nitrogen functional groups attached to an aromatic ring is 1. The van der Waals surface area contributed by atoms with Crippen molar-refractivity contribution in [2.45, 2.75) is 6.92 Å². The highest BCUT2D eigenvalue weighted by Crippen LogP contribution is 2.25. The van der Waals surface area contributed by atoms with Crippen LogP contribution in [0.5, 0.6) is 0 Å². The van der Waals surface area contributed by atoms with Gasteiger partial charge in [0.1, 0.15) is 4.88 Å². The number of hydrogen-bond donors (Lipinski definition) is 2. The molecule has 0 aliphatic rings. The molecule has 0 fully saturated rings. The van der Waals surface area contributed by atoms with Crippen molar-refractivity contribution in [1.82, 2.24) is 0 Å². The highest BCUT2D eigenvalue weighted by molar-refractivity contribution is 9.10. The van der Waals surface area contributed by atoms with Crippen molar-refractivity contribution < 1.29 is 4.79 Å². The molecule has 0 saturated heterocycles. The number of carbonyl (C=O) groups excluding carboxylic acids is 1. The van der Waals surface area contributed by atoms with Crippen LogP contribution in [0.1, 0.15) is 15.2 Å². The van der Waals surface area contributed by atoms with E-state index < -0.39 is 0 Å². The lowest BCUT2D eigenvalue weighted by Gasteiger charge is -2.08. The Morgan fingerprint density at radius 3 is 2.76 bits per heavy atom. The second kappa shape index (κ2) is 4.89. The first-order valence-corrected chi connectivity index (χ1v) is 6.65. The van der Waals surface area contributed by atoms with E-state index in [1.54, 1.807) is 6.07 Å². The number of amides is 1. The van der Waals surface area contributed by atoms with Gasteiger partial charge in [0, 0.05) is 15.8 Å². The summed E-state index contributed by atoms with van der Waals surface area (Å²) in [4.78, 5) is 12.6. The van der Waals surface area contributed by atoms with E-state index >= 15 is 0 Å². The van der Waals surface area contributed by atoms with Gasteiger partial charge < -0.3 is 11.1 Å². The van der Waals surface area contributed by atoms with Crippen LogP contribution in [0.3, 0.4) is 0 Å². The molecule has 17 heavy (non-hydrogen) atoms. The summed E-state index contributed by atoms with van der Waals surface area (Å²) in [5.74, 6) is -0.111. The van der Waals surface area contributed by atoms with E-state index in [1.165, 1.54) is 11.3 Å². The normalized spacial score (nSPS) is 10.2. The van der Waals surface area contributed by atoms with Gasteiger partial charge in [-0.3, -0.25) is 4.79 Å². The molecule has 1 aromatic heterocycles. The molecule has 0 aliphatic carbocycles. The van der Waals surface area contributed by atoms with Crippen LogP contribution in [0.25, 0.3) is 0 Å². The van der Waals surface area contributed by atoms with Crippen LogP contribution in [0.2, 0.25) is 0 Å². The number of nitrogens with two attached hydrogens (primary N) is 1. The summed E-state index contributed by atoms with van der Waals surface area (Å²) in [6.45, 7) is 1.91. The Morgan fingerprint density at radius 1 is 1.41 bits per heavy atom. The highest BCUT2D eigenvalue weighted by atomic mass is 79.9. The summed E-state index contributed by atoms with van der Waals surface area (Å²) in [6, 6.07) is 7.27. The number of rotatable bonds is 2. The largest absolute Gasteiger partial charge is 0.399 e. The summed E-state index contributed by atoms with van der Waals surface area (Å²) in [7, 11) is 0. The molecule has 0 unspecified atom stereocenters. The van der Waals surface area contributed by atoms with Crippen molar-refractivity contribution in [2.75, 3.05) is 11.1 Å². The molecule has 0 bridgehead atoms. The Bertz CT molecular complexity index is 565. The van der Waals surface area contributed by atoms with Crippen LogP contribution in [0.4, 0.5) is 11.4 Å². The molecule has 5 heteroatoms. The number of hydrogen-bond acceptors (Lipinski definition) is 3. The average molecular weight is 311 g/mol. The molecule has 2 aromatic rings. The number of anilines is 2. The lowest BCUT2D eigenvalue weighted by Crippen LogP contribution is -2.11. The van der Waals surface area contributed by atoms with Crippen molar-refractivity contribution in [3.8, 4) is 0 Å². The fourth-order valence-corrected chi connectivity index (χ4v) is 2.91. The molecule has 0 aliphatic heterocycles. The Balaban J connectivity index is 2.22. The van der Waals surface area contributed by atoms with E-state index in [1.807, 2.05) is 30.5 Å². The molecule has 1 heterocycles. The summed E-state index contributed by atoms with van der Waals surface area (Å²) in [5, 5.41) is 4.74. The number of halogens is 1. The van der Waals surface area contributed by atoms with E-state index in [-0.39, 0.29) is 5.91 Å². The van der Waals surface area contributed by atoms with Gasteiger partial charge in [0.05, 0.1) is 0 Å². The van der Waals surface area contributed by atoms with Gasteiger partial charge in [-0.05, 0) is 58.1 Å². The standard InChI is InChI=1S/C12H11BrN2OS/c1-7-6-8(14)2-3-10(7)15-12(16)11-9(13)4-5-17-11/h2-6H,14H2,1H3,(H,15,16). The molecule has 1 aromatic carbocycles. The maximum Gasteiger partial charge on any atom is 0.266 e. The molecular formula is C12H11BrN2OS. The average Bonchev–Trinajstić information content (AvgIpc) is 2.68. The van der Waals surface area contributed by atoms with Crippen molar-refractivity contribution in [3.63, 3.8) is 0 Å². The third-order valence-corrected chi connectivity index (χ3v) is 4.16. The molecular weight excluding hydrogens is 300 g/mol. The Morgan fingerprint density at radius 2 is 2.18 bits per heavy atom. The number of carbonyl (C=O) groups is 1. The fraction of sp³-hybridized carbons (Fsp3) is 0.0833. The number of nitrogens with one attached hydrogen (secondary N) is 1. The van der Waals surface area contributed by atoms with E-state index in [0.29, 0.717) is 10.6 Å². The van der Waals surface area contributed by atoms with Crippen molar-refractivity contribution in [1.29, 1.82) is 0 Å². The Labute approximate surface area is 112 Å². The van der Waals surface area contributed by atoms with Gasteiger partial charge in [-0.15, -0.1) is 11.3 Å². The van der Waals surface area contributed by atoms with Gasteiger partial charge in [-0.2, -0.15) is 0 Å². The quantitative estimate of drug-likeness (QED) is 0.832. The lowest BCUT2D eigenvalue weighted by atomic mass is 10.2. The summed E-state index contributed by atoms with van der Waals surface area (Å²) in [5.41, 5.74) is 8.08. The van der Waals surface area contributed by atoms with E-state index in [0.717, 1.165) is 15.7 Å². The maximum atomic E-state index is 12.0. The predicted octanol–water partition coefficient (Wildman–Crippen LogP) is 3.65. The first-order chi connectivity index (χ1) is 8.08. The minimum absolute atomic E-state index is 0.111. The number of thiophene rings is 1. The second-order valence-electron chi connectivity index (χ2n) is 3.63. The van der Waals surface area contributed by atoms with E-state index in [4.69, 9.17) is 5.73 Å². The highest BCUT2D eigenvalue weighted by Gasteiger charge is 2.12. The Hall–Kier alpha value is -1.33. The van der Waals surface area contributed by atoms with Gasteiger partial charge in [0.25, 0.3) is 5.91 Å². The first kappa shape index (κ1) is 12.1.